The molecule has 0 atom stereocenters. The molecule has 0 fully saturated rings. The van der Waals surface area contributed by atoms with Gasteiger partial charge < -0.3 is 9.53 Å². The second-order valence-corrected chi connectivity index (χ2v) is 13.7. The molecule has 0 saturated heterocycles. The summed E-state index contributed by atoms with van der Waals surface area (Å²) >= 11 is 6.28. The minimum absolute atomic E-state index is 0.0182. The first kappa shape index (κ1) is 20.1. The van der Waals surface area contributed by atoms with Crippen LogP contribution in [0.15, 0.2) is 24.3 Å². The number of nitrogens with zero attached hydrogens (tertiary/aromatic N) is 3. The van der Waals surface area contributed by atoms with E-state index in [1.165, 1.54) is 0 Å². The number of hydrogen-bond acceptors (Lipinski definition) is 4. The van der Waals surface area contributed by atoms with Gasteiger partial charge in [-0.3, -0.25) is 4.57 Å². The number of rotatable bonds is 6. The predicted octanol–water partition coefficient (Wildman–Crippen LogP) is 5.75. The van der Waals surface area contributed by atoms with E-state index in [0.29, 0.717) is 17.2 Å². The smallest absolute Gasteiger partial charge is 0.294 e. The first-order valence-corrected chi connectivity index (χ1v) is 12.7. The van der Waals surface area contributed by atoms with Crippen molar-refractivity contribution >= 4 is 41.9 Å². The van der Waals surface area contributed by atoms with E-state index in [2.05, 4.69) is 43.8 Å². The SMILES string of the molecule is CC(C)(C)[Si](C)(C)OCCCCn1c(O)nc2c(Cl)nc3ccccc3c21. The van der Waals surface area contributed by atoms with Crippen molar-refractivity contribution in [3.8, 4) is 6.01 Å². The van der Waals surface area contributed by atoms with Crippen LogP contribution in [-0.2, 0) is 11.0 Å². The molecule has 1 N–H and O–H groups in total. The minimum atomic E-state index is -1.71. The monoisotopic (exact) mass is 405 g/mol. The van der Waals surface area contributed by atoms with Crippen LogP contribution in [0.2, 0.25) is 23.3 Å². The highest BCUT2D eigenvalue weighted by atomic mass is 35.5. The van der Waals surface area contributed by atoms with E-state index >= 15 is 0 Å². The number of pyridine rings is 1. The van der Waals surface area contributed by atoms with E-state index < -0.39 is 8.32 Å². The molecule has 0 saturated carbocycles. The van der Waals surface area contributed by atoms with Crippen LogP contribution >= 0.6 is 11.6 Å². The van der Waals surface area contributed by atoms with Crippen molar-refractivity contribution in [1.82, 2.24) is 14.5 Å². The summed E-state index contributed by atoms with van der Waals surface area (Å²) in [5.74, 6) is 0. The fourth-order valence-corrected chi connectivity index (χ4v) is 4.23. The number of aromatic hydroxyl groups is 1. The van der Waals surface area contributed by atoms with Gasteiger partial charge >= 0.3 is 0 Å². The molecule has 3 aromatic rings. The fourth-order valence-electron chi connectivity index (χ4n) is 2.92. The number of fused-ring (bicyclic) bond motifs is 3. The lowest BCUT2D eigenvalue weighted by molar-refractivity contribution is 0.275. The summed E-state index contributed by atoms with van der Waals surface area (Å²) < 4.78 is 8.07. The standard InChI is InChI=1S/C20H28ClN3O2Si/c1-20(2,3)27(4,5)26-13-9-8-12-24-17-14-10-6-7-11-15(14)22-18(21)16(17)23-19(24)25/h6-7,10-11H,8-9,12-13H2,1-5H3,(H,23,25). The van der Waals surface area contributed by atoms with Crippen molar-refractivity contribution in [2.45, 2.75) is 58.3 Å². The second kappa shape index (κ2) is 7.41. The maximum atomic E-state index is 10.4. The van der Waals surface area contributed by atoms with Gasteiger partial charge in [-0.25, -0.2) is 4.98 Å². The number of halogens is 1. The highest BCUT2D eigenvalue weighted by Crippen LogP contribution is 2.36. The van der Waals surface area contributed by atoms with Crippen LogP contribution < -0.4 is 0 Å². The van der Waals surface area contributed by atoms with Crippen molar-refractivity contribution in [2.24, 2.45) is 0 Å². The number of hydrogen-bond donors (Lipinski definition) is 1. The summed E-state index contributed by atoms with van der Waals surface area (Å²) in [6, 6.07) is 7.77. The zero-order chi connectivity index (χ0) is 19.8. The Bertz CT molecular complexity index is 963. The molecule has 0 unspecified atom stereocenters. The molecule has 1 aromatic carbocycles. The Balaban J connectivity index is 1.75. The minimum Gasteiger partial charge on any atom is -0.480 e. The molecule has 0 radical (unpaired) electrons. The van der Waals surface area contributed by atoms with Crippen molar-refractivity contribution in [3.05, 3.63) is 29.4 Å². The molecule has 146 valence electrons. The van der Waals surface area contributed by atoms with E-state index in [1.54, 1.807) is 0 Å². The van der Waals surface area contributed by atoms with Crippen molar-refractivity contribution < 1.29 is 9.53 Å². The summed E-state index contributed by atoms with van der Waals surface area (Å²) in [5.41, 5.74) is 2.19. The van der Waals surface area contributed by atoms with Crippen LogP contribution in [-0.4, -0.2) is 34.6 Å². The number of unbranched alkanes of at least 4 members (excludes halogenated alkanes) is 1. The Labute approximate surface area is 166 Å². The molecule has 0 amide bonds. The molecule has 2 heterocycles. The van der Waals surface area contributed by atoms with E-state index in [-0.39, 0.29) is 11.0 Å². The van der Waals surface area contributed by atoms with Crippen molar-refractivity contribution in [1.29, 1.82) is 0 Å². The molecule has 0 bridgehead atoms. The zero-order valence-corrected chi connectivity index (χ0v) is 18.5. The predicted molar refractivity (Wildman–Crippen MR) is 114 cm³/mol. The topological polar surface area (TPSA) is 60.2 Å². The van der Waals surface area contributed by atoms with Crippen LogP contribution in [0.25, 0.3) is 21.9 Å². The molecule has 7 heteroatoms. The summed E-state index contributed by atoms with van der Waals surface area (Å²) in [6.07, 6.45) is 1.82. The van der Waals surface area contributed by atoms with Gasteiger partial charge in [-0.1, -0.05) is 50.6 Å². The molecule has 0 spiro atoms. The number of aryl methyl sites for hydroxylation is 1. The molecule has 27 heavy (non-hydrogen) atoms. The number of imidazole rings is 1. The van der Waals surface area contributed by atoms with E-state index in [9.17, 15) is 5.11 Å². The van der Waals surface area contributed by atoms with Crippen LogP contribution in [0, 0.1) is 0 Å². The average molecular weight is 406 g/mol. The normalized spacial score (nSPS) is 13.0. The lowest BCUT2D eigenvalue weighted by atomic mass is 10.2. The van der Waals surface area contributed by atoms with Crippen LogP contribution in [0.5, 0.6) is 6.01 Å². The maximum absolute atomic E-state index is 10.4. The third kappa shape index (κ3) is 3.98. The van der Waals surface area contributed by atoms with Crippen LogP contribution in [0.1, 0.15) is 33.6 Å². The molecule has 0 aliphatic carbocycles. The number of para-hydroxylation sites is 1. The molecule has 2 aromatic heterocycles. The first-order chi connectivity index (χ1) is 12.6. The van der Waals surface area contributed by atoms with Gasteiger partial charge in [0.25, 0.3) is 6.01 Å². The summed E-state index contributed by atoms with van der Waals surface area (Å²) in [5, 5.41) is 11.8. The highest BCUT2D eigenvalue weighted by Gasteiger charge is 2.36. The Morgan fingerprint density at radius 3 is 2.56 bits per heavy atom. The van der Waals surface area contributed by atoms with Crippen LogP contribution in [0.3, 0.4) is 0 Å². The fraction of sp³-hybridized carbons (Fsp3) is 0.500. The molecule has 3 rings (SSSR count). The van der Waals surface area contributed by atoms with E-state index in [4.69, 9.17) is 16.0 Å². The molecular weight excluding hydrogens is 378 g/mol. The quantitative estimate of drug-likeness (QED) is 0.322. The molecular formula is C20H28ClN3O2Si. The van der Waals surface area contributed by atoms with Gasteiger partial charge in [0.1, 0.15) is 5.52 Å². The van der Waals surface area contributed by atoms with Gasteiger partial charge in [0.05, 0.1) is 11.0 Å². The molecule has 0 aliphatic heterocycles. The summed E-state index contributed by atoms with van der Waals surface area (Å²) in [6.45, 7) is 12.7. The third-order valence-electron chi connectivity index (χ3n) is 5.57. The third-order valence-corrected chi connectivity index (χ3v) is 10.4. The van der Waals surface area contributed by atoms with Gasteiger partial charge in [-0.05, 0) is 37.0 Å². The second-order valence-electron chi connectivity index (χ2n) is 8.50. The van der Waals surface area contributed by atoms with Gasteiger partial charge in [0.2, 0.25) is 0 Å². The highest BCUT2D eigenvalue weighted by molar-refractivity contribution is 6.74. The lowest BCUT2D eigenvalue weighted by Gasteiger charge is -2.36. The Morgan fingerprint density at radius 2 is 1.85 bits per heavy atom. The summed E-state index contributed by atoms with van der Waals surface area (Å²) in [4.78, 5) is 8.61. The Morgan fingerprint density at radius 1 is 1.15 bits per heavy atom. The van der Waals surface area contributed by atoms with E-state index in [1.807, 2.05) is 28.8 Å². The molecule has 5 nitrogen and oxygen atoms in total. The number of benzene rings is 1. The van der Waals surface area contributed by atoms with Crippen molar-refractivity contribution in [2.75, 3.05) is 6.61 Å². The zero-order valence-electron chi connectivity index (χ0n) is 16.7. The average Bonchev–Trinajstić information content (AvgIpc) is 2.91. The van der Waals surface area contributed by atoms with Gasteiger partial charge in [-0.15, -0.1) is 0 Å². The van der Waals surface area contributed by atoms with E-state index in [0.717, 1.165) is 35.9 Å². The largest absolute Gasteiger partial charge is 0.480 e. The van der Waals surface area contributed by atoms with Gasteiger partial charge in [0, 0.05) is 18.5 Å². The van der Waals surface area contributed by atoms with Crippen molar-refractivity contribution in [3.63, 3.8) is 0 Å². The van der Waals surface area contributed by atoms with Gasteiger partial charge in [0.15, 0.2) is 13.5 Å². The van der Waals surface area contributed by atoms with Crippen LogP contribution in [0.4, 0.5) is 0 Å². The Hall–Kier alpha value is -1.63. The molecule has 0 aliphatic rings. The number of aromatic nitrogens is 3. The van der Waals surface area contributed by atoms with Gasteiger partial charge in [-0.2, -0.15) is 4.98 Å². The Kier molecular flexibility index (Phi) is 5.52. The lowest BCUT2D eigenvalue weighted by Crippen LogP contribution is -2.40. The first-order valence-electron chi connectivity index (χ1n) is 9.39. The summed E-state index contributed by atoms with van der Waals surface area (Å²) in [7, 11) is -1.71. The maximum Gasteiger partial charge on any atom is 0.294 e.